The molecule has 3 nitrogen and oxygen atoms in total. The minimum absolute atomic E-state index is 0.146. The molecule has 0 spiro atoms. The van der Waals surface area contributed by atoms with Crippen molar-refractivity contribution in [3.8, 4) is 5.75 Å². The molecule has 0 bridgehead atoms. The Balaban J connectivity index is 1.94. The molecule has 0 radical (unpaired) electrons. The molecule has 0 amide bonds. The Morgan fingerprint density at radius 2 is 1.72 bits per heavy atom. The summed E-state index contributed by atoms with van der Waals surface area (Å²) in [6.45, 7) is 2.60. The highest BCUT2D eigenvalue weighted by Crippen LogP contribution is 2.18. The summed E-state index contributed by atoms with van der Waals surface area (Å²) < 4.78 is 5.71. The van der Waals surface area contributed by atoms with E-state index < -0.39 is 0 Å². The fourth-order valence-electron chi connectivity index (χ4n) is 1.69. The largest absolute Gasteiger partial charge is 0.489 e. The van der Waals surface area contributed by atoms with Gasteiger partial charge >= 0.3 is 0 Å². The zero-order valence-electron chi connectivity index (χ0n) is 10.5. The maximum absolute atomic E-state index is 5.71. The van der Waals surface area contributed by atoms with Crippen molar-refractivity contribution in [1.82, 2.24) is 5.43 Å². The van der Waals surface area contributed by atoms with E-state index in [1.807, 2.05) is 49.4 Å². The Morgan fingerprint density at radius 3 is 2.33 bits per heavy atom. The van der Waals surface area contributed by atoms with E-state index >= 15 is 0 Å². The molecule has 3 heteroatoms. The van der Waals surface area contributed by atoms with Gasteiger partial charge in [-0.25, -0.2) is 0 Å². The number of benzene rings is 2. The highest BCUT2D eigenvalue weighted by molar-refractivity contribution is 5.29. The topological polar surface area (TPSA) is 47.3 Å². The third-order valence-corrected chi connectivity index (χ3v) is 2.88. The van der Waals surface area contributed by atoms with Crippen molar-refractivity contribution in [2.24, 2.45) is 5.84 Å². The van der Waals surface area contributed by atoms with Crippen molar-refractivity contribution in [2.45, 2.75) is 19.6 Å². The van der Waals surface area contributed by atoms with Crippen LogP contribution in [0.5, 0.6) is 5.75 Å². The fourth-order valence-corrected chi connectivity index (χ4v) is 1.69. The van der Waals surface area contributed by atoms with Gasteiger partial charge in [-0.2, -0.15) is 0 Å². The van der Waals surface area contributed by atoms with Crippen molar-refractivity contribution in [2.75, 3.05) is 0 Å². The Morgan fingerprint density at radius 1 is 1.06 bits per heavy atom. The molecule has 0 aromatic heterocycles. The summed E-state index contributed by atoms with van der Waals surface area (Å²) in [5.41, 5.74) is 5.03. The molecule has 2 aromatic rings. The zero-order chi connectivity index (χ0) is 12.8. The highest BCUT2D eigenvalue weighted by Gasteiger charge is 2.02. The second-order valence-corrected chi connectivity index (χ2v) is 4.23. The molecular formula is C15H18N2O. The second-order valence-electron chi connectivity index (χ2n) is 4.23. The molecule has 0 aliphatic rings. The van der Waals surface area contributed by atoms with Gasteiger partial charge in [-0.15, -0.1) is 0 Å². The fraction of sp³-hybridized carbons (Fsp3) is 0.200. The monoisotopic (exact) mass is 242 g/mol. The first-order chi connectivity index (χ1) is 8.79. The maximum Gasteiger partial charge on any atom is 0.119 e. The molecule has 0 fully saturated rings. The van der Waals surface area contributed by atoms with Gasteiger partial charge in [-0.05, 0) is 30.2 Å². The molecule has 0 heterocycles. The number of nitrogens with two attached hydrogens (primary N) is 1. The lowest BCUT2D eigenvalue weighted by molar-refractivity contribution is 0.306. The third-order valence-electron chi connectivity index (χ3n) is 2.88. The first kappa shape index (κ1) is 12.6. The quantitative estimate of drug-likeness (QED) is 0.626. The first-order valence-electron chi connectivity index (χ1n) is 6.02. The molecule has 3 N–H and O–H groups in total. The minimum Gasteiger partial charge on any atom is -0.489 e. The molecule has 0 saturated carbocycles. The van der Waals surface area contributed by atoms with Gasteiger partial charge in [0.15, 0.2) is 0 Å². The zero-order valence-corrected chi connectivity index (χ0v) is 10.5. The lowest BCUT2D eigenvalue weighted by Gasteiger charge is -2.11. The van der Waals surface area contributed by atoms with Gasteiger partial charge in [0.2, 0.25) is 0 Å². The van der Waals surface area contributed by atoms with Crippen LogP contribution in [-0.4, -0.2) is 0 Å². The standard InChI is InChI=1S/C15H18N2O/c1-12(17-16)14-7-9-15(10-8-14)18-11-13-5-3-2-4-6-13/h2-10,12,17H,11,16H2,1H3/t12-/m1/s1. The summed E-state index contributed by atoms with van der Waals surface area (Å²) in [5, 5.41) is 0. The normalized spacial score (nSPS) is 12.1. The molecule has 0 aliphatic heterocycles. The summed E-state index contributed by atoms with van der Waals surface area (Å²) in [6, 6.07) is 18.2. The van der Waals surface area contributed by atoms with Crippen LogP contribution in [0.4, 0.5) is 0 Å². The molecule has 2 rings (SSSR count). The SMILES string of the molecule is C[C@@H](NN)c1ccc(OCc2ccccc2)cc1. The van der Waals surface area contributed by atoms with E-state index in [0.29, 0.717) is 6.61 Å². The van der Waals surface area contributed by atoms with Crippen LogP contribution in [0.15, 0.2) is 54.6 Å². The summed E-state index contributed by atoms with van der Waals surface area (Å²) in [5.74, 6) is 6.26. The van der Waals surface area contributed by atoms with Gasteiger partial charge < -0.3 is 4.74 Å². The van der Waals surface area contributed by atoms with Crippen LogP contribution in [0.1, 0.15) is 24.1 Å². The average molecular weight is 242 g/mol. The summed E-state index contributed by atoms with van der Waals surface area (Å²) in [4.78, 5) is 0. The first-order valence-corrected chi connectivity index (χ1v) is 6.02. The van der Waals surface area contributed by atoms with E-state index in [4.69, 9.17) is 10.6 Å². The van der Waals surface area contributed by atoms with Gasteiger partial charge in [0, 0.05) is 6.04 Å². The molecule has 18 heavy (non-hydrogen) atoms. The van der Waals surface area contributed by atoms with Crippen molar-refractivity contribution >= 4 is 0 Å². The Labute approximate surface area is 108 Å². The van der Waals surface area contributed by atoms with Gasteiger partial charge in [0.05, 0.1) is 0 Å². The highest BCUT2D eigenvalue weighted by atomic mass is 16.5. The van der Waals surface area contributed by atoms with E-state index in [9.17, 15) is 0 Å². The molecular weight excluding hydrogens is 224 g/mol. The predicted molar refractivity (Wildman–Crippen MR) is 73.0 cm³/mol. The number of nitrogens with one attached hydrogen (secondary N) is 1. The molecule has 0 unspecified atom stereocenters. The van der Waals surface area contributed by atoms with Crippen LogP contribution in [0.2, 0.25) is 0 Å². The molecule has 1 atom stereocenters. The Kier molecular flexibility index (Phi) is 4.34. The van der Waals surface area contributed by atoms with E-state index in [0.717, 1.165) is 11.3 Å². The number of hydrogen-bond donors (Lipinski definition) is 2. The molecule has 2 aromatic carbocycles. The van der Waals surface area contributed by atoms with E-state index in [2.05, 4.69) is 17.6 Å². The van der Waals surface area contributed by atoms with Crippen molar-refractivity contribution in [3.05, 3.63) is 65.7 Å². The molecule has 0 saturated heterocycles. The third kappa shape index (κ3) is 3.32. The van der Waals surface area contributed by atoms with E-state index in [1.165, 1.54) is 5.56 Å². The van der Waals surface area contributed by atoms with Crippen molar-refractivity contribution < 1.29 is 4.74 Å². The predicted octanol–water partition coefficient (Wildman–Crippen LogP) is 2.79. The second kappa shape index (κ2) is 6.19. The maximum atomic E-state index is 5.71. The van der Waals surface area contributed by atoms with Gasteiger partial charge in [-0.1, -0.05) is 42.5 Å². The average Bonchev–Trinajstić information content (AvgIpc) is 2.46. The summed E-state index contributed by atoms with van der Waals surface area (Å²) in [7, 11) is 0. The van der Waals surface area contributed by atoms with Crippen LogP contribution in [0.3, 0.4) is 0 Å². The van der Waals surface area contributed by atoms with Crippen LogP contribution in [0, 0.1) is 0 Å². The van der Waals surface area contributed by atoms with Gasteiger partial charge in [0.25, 0.3) is 0 Å². The van der Waals surface area contributed by atoms with Crippen LogP contribution < -0.4 is 16.0 Å². The van der Waals surface area contributed by atoms with Crippen molar-refractivity contribution in [1.29, 1.82) is 0 Å². The number of rotatable bonds is 5. The van der Waals surface area contributed by atoms with E-state index in [-0.39, 0.29) is 6.04 Å². The van der Waals surface area contributed by atoms with Crippen LogP contribution in [0.25, 0.3) is 0 Å². The summed E-state index contributed by atoms with van der Waals surface area (Å²) in [6.07, 6.45) is 0. The Bertz CT molecular complexity index is 468. The van der Waals surface area contributed by atoms with Crippen molar-refractivity contribution in [3.63, 3.8) is 0 Å². The van der Waals surface area contributed by atoms with Gasteiger partial charge in [-0.3, -0.25) is 11.3 Å². The minimum atomic E-state index is 0.146. The smallest absolute Gasteiger partial charge is 0.119 e. The Hall–Kier alpha value is -1.84. The number of hydrogen-bond acceptors (Lipinski definition) is 3. The number of hydrazine groups is 1. The lowest BCUT2D eigenvalue weighted by atomic mass is 10.1. The van der Waals surface area contributed by atoms with Crippen LogP contribution >= 0.6 is 0 Å². The summed E-state index contributed by atoms with van der Waals surface area (Å²) >= 11 is 0. The molecule has 0 aliphatic carbocycles. The molecule has 94 valence electrons. The lowest BCUT2D eigenvalue weighted by Crippen LogP contribution is -2.25. The number of ether oxygens (including phenoxy) is 1. The van der Waals surface area contributed by atoms with E-state index in [1.54, 1.807) is 0 Å². The van der Waals surface area contributed by atoms with Gasteiger partial charge in [0.1, 0.15) is 12.4 Å². The van der Waals surface area contributed by atoms with Crippen LogP contribution in [-0.2, 0) is 6.61 Å².